The topological polar surface area (TPSA) is 87.3 Å². The Bertz CT molecular complexity index is 678. The molecule has 0 aromatic heterocycles. The molecule has 0 radical (unpaired) electrons. The maximum Gasteiger partial charge on any atom is 0.247 e. The fourth-order valence-electron chi connectivity index (χ4n) is 3.31. The normalized spacial score (nSPS) is 22.3. The number of amides is 3. The zero-order valence-electron chi connectivity index (χ0n) is 14.1. The summed E-state index contributed by atoms with van der Waals surface area (Å²) in [6, 6.07) is 9.30. The number of allylic oxidation sites excluding steroid dienone is 1. The number of imide groups is 1. The number of carbonyl (C=O) groups is 3. The van der Waals surface area contributed by atoms with Crippen LogP contribution in [0.3, 0.4) is 0 Å². The summed E-state index contributed by atoms with van der Waals surface area (Å²) in [6.07, 6.45) is 4.70. The molecule has 1 saturated heterocycles. The Morgan fingerprint density at radius 3 is 2.60 bits per heavy atom. The number of benzene rings is 1. The Morgan fingerprint density at radius 1 is 1.08 bits per heavy atom. The van der Waals surface area contributed by atoms with Crippen LogP contribution in [0.25, 0.3) is 0 Å². The molecule has 0 bridgehead atoms. The zero-order valence-corrected chi connectivity index (χ0v) is 14.1. The summed E-state index contributed by atoms with van der Waals surface area (Å²) in [4.78, 5) is 36.9. The number of carbonyl (C=O) groups excluding carboxylic acids is 3. The summed E-state index contributed by atoms with van der Waals surface area (Å²) in [6.45, 7) is 1.21. The number of hydrogen-bond acceptors (Lipinski definition) is 4. The van der Waals surface area contributed by atoms with Gasteiger partial charge in [-0.3, -0.25) is 19.7 Å². The van der Waals surface area contributed by atoms with Crippen molar-refractivity contribution in [2.75, 3.05) is 6.54 Å². The molecule has 1 heterocycles. The van der Waals surface area contributed by atoms with E-state index in [1.165, 1.54) is 0 Å². The van der Waals surface area contributed by atoms with E-state index < -0.39 is 5.92 Å². The van der Waals surface area contributed by atoms with E-state index in [0.29, 0.717) is 25.0 Å². The van der Waals surface area contributed by atoms with Crippen LogP contribution in [0.4, 0.5) is 0 Å². The Hall–Kier alpha value is -2.47. The molecular formula is C19H23N3O3. The monoisotopic (exact) mass is 341 g/mol. The van der Waals surface area contributed by atoms with Crippen LogP contribution in [-0.4, -0.2) is 30.3 Å². The first kappa shape index (κ1) is 17.4. The fourth-order valence-corrected chi connectivity index (χ4v) is 3.31. The van der Waals surface area contributed by atoms with Gasteiger partial charge in [-0.15, -0.1) is 0 Å². The van der Waals surface area contributed by atoms with Crippen LogP contribution in [-0.2, 0) is 20.9 Å². The van der Waals surface area contributed by atoms with Gasteiger partial charge in [0, 0.05) is 12.1 Å². The van der Waals surface area contributed by atoms with Crippen LogP contribution in [0, 0.1) is 5.92 Å². The first-order valence-electron chi connectivity index (χ1n) is 8.75. The summed E-state index contributed by atoms with van der Waals surface area (Å²) < 4.78 is 0. The lowest BCUT2D eigenvalue weighted by molar-refractivity contribution is -0.134. The highest BCUT2D eigenvalue weighted by atomic mass is 16.2. The molecule has 1 aromatic carbocycles. The van der Waals surface area contributed by atoms with E-state index in [1.54, 1.807) is 6.08 Å². The molecule has 1 aliphatic heterocycles. The van der Waals surface area contributed by atoms with Crippen LogP contribution in [0.15, 0.2) is 42.0 Å². The highest BCUT2D eigenvalue weighted by Gasteiger charge is 2.33. The van der Waals surface area contributed by atoms with E-state index >= 15 is 0 Å². The van der Waals surface area contributed by atoms with Gasteiger partial charge >= 0.3 is 0 Å². The third-order valence-corrected chi connectivity index (χ3v) is 4.69. The molecule has 2 aliphatic rings. The van der Waals surface area contributed by atoms with Gasteiger partial charge in [0.2, 0.25) is 17.7 Å². The third kappa shape index (κ3) is 4.33. The second kappa shape index (κ2) is 8.07. The van der Waals surface area contributed by atoms with Gasteiger partial charge in [-0.1, -0.05) is 36.4 Å². The summed E-state index contributed by atoms with van der Waals surface area (Å²) in [5.74, 6) is -1.47. The number of nitrogens with one attached hydrogen (secondary N) is 3. The Kier molecular flexibility index (Phi) is 5.60. The zero-order chi connectivity index (χ0) is 17.6. The Balaban J connectivity index is 1.54. The second-order valence-corrected chi connectivity index (χ2v) is 6.46. The summed E-state index contributed by atoms with van der Waals surface area (Å²) in [5, 5.41) is 8.38. The van der Waals surface area contributed by atoms with Gasteiger partial charge in [0.1, 0.15) is 0 Å². The first-order chi connectivity index (χ1) is 12.1. The van der Waals surface area contributed by atoms with E-state index in [1.807, 2.05) is 30.3 Å². The average Bonchev–Trinajstić information content (AvgIpc) is 3.31. The SMILES string of the molecule is O=C(NCc1ccccc1)C1=CCCC1C(=O)NC(=O)[C@H]1CCCN1. The lowest BCUT2D eigenvalue weighted by atomic mass is 9.99. The van der Waals surface area contributed by atoms with Gasteiger partial charge in [-0.05, 0) is 37.8 Å². The molecule has 1 unspecified atom stereocenters. The van der Waals surface area contributed by atoms with Gasteiger partial charge < -0.3 is 10.6 Å². The molecule has 25 heavy (non-hydrogen) atoms. The van der Waals surface area contributed by atoms with Crippen LogP contribution in [0.5, 0.6) is 0 Å². The van der Waals surface area contributed by atoms with Crippen molar-refractivity contribution in [2.24, 2.45) is 5.92 Å². The van der Waals surface area contributed by atoms with Crippen molar-refractivity contribution in [1.82, 2.24) is 16.0 Å². The van der Waals surface area contributed by atoms with E-state index in [-0.39, 0.29) is 23.8 Å². The summed E-state index contributed by atoms with van der Waals surface area (Å²) >= 11 is 0. The Labute approximate surface area is 147 Å². The molecule has 0 saturated carbocycles. The third-order valence-electron chi connectivity index (χ3n) is 4.69. The highest BCUT2D eigenvalue weighted by molar-refractivity contribution is 6.05. The molecule has 3 rings (SSSR count). The molecule has 3 N–H and O–H groups in total. The fraction of sp³-hybridized carbons (Fsp3) is 0.421. The van der Waals surface area contributed by atoms with Crippen LogP contribution >= 0.6 is 0 Å². The summed E-state index contributed by atoms with van der Waals surface area (Å²) in [5.41, 5.74) is 1.46. The van der Waals surface area contributed by atoms with Gasteiger partial charge in [0.25, 0.3) is 0 Å². The van der Waals surface area contributed by atoms with Gasteiger partial charge in [-0.25, -0.2) is 0 Å². The summed E-state index contributed by atoms with van der Waals surface area (Å²) in [7, 11) is 0. The predicted octanol–water partition coefficient (Wildman–Crippen LogP) is 1.03. The number of hydrogen-bond donors (Lipinski definition) is 3. The van der Waals surface area contributed by atoms with Crippen LogP contribution in [0.1, 0.15) is 31.2 Å². The largest absolute Gasteiger partial charge is 0.348 e. The van der Waals surface area contributed by atoms with E-state index in [2.05, 4.69) is 16.0 Å². The minimum atomic E-state index is -0.555. The highest BCUT2D eigenvalue weighted by Crippen LogP contribution is 2.26. The second-order valence-electron chi connectivity index (χ2n) is 6.46. The molecule has 3 amide bonds. The maximum absolute atomic E-state index is 12.4. The lowest BCUT2D eigenvalue weighted by Gasteiger charge is -2.16. The molecule has 2 atom stereocenters. The van der Waals surface area contributed by atoms with Crippen LogP contribution in [0.2, 0.25) is 0 Å². The number of rotatable bonds is 5. The van der Waals surface area contributed by atoms with Crippen molar-refractivity contribution in [3.63, 3.8) is 0 Å². The predicted molar refractivity (Wildman–Crippen MR) is 93.3 cm³/mol. The van der Waals surface area contributed by atoms with Crippen molar-refractivity contribution >= 4 is 17.7 Å². The van der Waals surface area contributed by atoms with E-state index in [0.717, 1.165) is 24.9 Å². The molecule has 132 valence electrons. The molecule has 1 aromatic rings. The smallest absolute Gasteiger partial charge is 0.247 e. The quantitative estimate of drug-likeness (QED) is 0.698. The van der Waals surface area contributed by atoms with Crippen molar-refractivity contribution in [1.29, 1.82) is 0 Å². The maximum atomic E-state index is 12.4. The minimum Gasteiger partial charge on any atom is -0.348 e. The first-order valence-corrected chi connectivity index (χ1v) is 8.75. The van der Waals surface area contributed by atoms with Crippen molar-refractivity contribution in [2.45, 2.75) is 38.3 Å². The lowest BCUT2D eigenvalue weighted by Crippen LogP contribution is -2.46. The molecular weight excluding hydrogens is 318 g/mol. The molecule has 6 heteroatoms. The molecule has 1 aliphatic carbocycles. The molecule has 6 nitrogen and oxygen atoms in total. The van der Waals surface area contributed by atoms with Crippen LogP contribution < -0.4 is 16.0 Å². The molecule has 1 fully saturated rings. The minimum absolute atomic E-state index is 0.243. The van der Waals surface area contributed by atoms with Crippen molar-refractivity contribution in [3.05, 3.63) is 47.5 Å². The van der Waals surface area contributed by atoms with Crippen molar-refractivity contribution in [3.8, 4) is 0 Å². The van der Waals surface area contributed by atoms with Gasteiger partial charge in [-0.2, -0.15) is 0 Å². The van der Waals surface area contributed by atoms with Crippen molar-refractivity contribution < 1.29 is 14.4 Å². The average molecular weight is 341 g/mol. The van der Waals surface area contributed by atoms with E-state index in [9.17, 15) is 14.4 Å². The van der Waals surface area contributed by atoms with Gasteiger partial charge in [0.15, 0.2) is 0 Å². The molecule has 0 spiro atoms. The van der Waals surface area contributed by atoms with E-state index in [4.69, 9.17) is 0 Å². The van der Waals surface area contributed by atoms with Gasteiger partial charge in [0.05, 0.1) is 12.0 Å². The Morgan fingerprint density at radius 2 is 1.88 bits per heavy atom. The standard InChI is InChI=1S/C19H23N3O3/c23-17(21-12-13-6-2-1-3-7-13)14-8-4-9-15(14)18(24)22-19(25)16-10-5-11-20-16/h1-3,6-8,15-16,20H,4-5,9-12H2,(H,21,23)(H,22,24,25)/t15?,16-/m1/s1.